The molecule has 1 aliphatic rings. The predicted molar refractivity (Wildman–Crippen MR) is 84.6 cm³/mol. The van der Waals surface area contributed by atoms with Crippen LogP contribution in [-0.2, 0) is 16.0 Å². The normalized spacial score (nSPS) is 15.6. The highest BCUT2D eigenvalue weighted by atomic mass is 16.6. The number of carboxylic acid groups (broad SMARTS) is 1. The van der Waals surface area contributed by atoms with Crippen molar-refractivity contribution < 1.29 is 24.2 Å². The zero-order valence-corrected chi connectivity index (χ0v) is 13.7. The zero-order valence-electron chi connectivity index (χ0n) is 13.7. The standard InChI is InChI=1S/C17H23NO5/c1-17(2,3)23-16(21)18-13(15(19)20)10-11-6-4-5-7-14(11)22-12-8-9-12/h4-7,12-13H,8-10H2,1-3H3,(H,18,21)(H,19,20)/t13-/m0/s1. The maximum Gasteiger partial charge on any atom is 0.408 e. The molecule has 0 heterocycles. The van der Waals surface area contributed by atoms with Crippen molar-refractivity contribution in [3.63, 3.8) is 0 Å². The Hall–Kier alpha value is -2.24. The van der Waals surface area contributed by atoms with E-state index in [9.17, 15) is 14.7 Å². The largest absolute Gasteiger partial charge is 0.490 e. The zero-order chi connectivity index (χ0) is 17.0. The van der Waals surface area contributed by atoms with Crippen LogP contribution in [0.1, 0.15) is 39.2 Å². The topological polar surface area (TPSA) is 84.9 Å². The van der Waals surface area contributed by atoms with Crippen molar-refractivity contribution in [2.45, 2.75) is 57.8 Å². The quantitative estimate of drug-likeness (QED) is 0.841. The van der Waals surface area contributed by atoms with E-state index in [1.54, 1.807) is 20.8 Å². The van der Waals surface area contributed by atoms with Crippen molar-refractivity contribution in [2.75, 3.05) is 0 Å². The third-order valence-corrected chi connectivity index (χ3v) is 3.20. The minimum atomic E-state index is -1.11. The first-order valence-electron chi connectivity index (χ1n) is 7.71. The van der Waals surface area contributed by atoms with Crippen LogP contribution in [0, 0.1) is 0 Å². The summed E-state index contributed by atoms with van der Waals surface area (Å²) < 4.78 is 10.9. The fourth-order valence-electron chi connectivity index (χ4n) is 2.02. The molecule has 1 amide bonds. The van der Waals surface area contributed by atoms with E-state index >= 15 is 0 Å². The molecule has 0 radical (unpaired) electrons. The molecule has 1 saturated carbocycles. The summed E-state index contributed by atoms with van der Waals surface area (Å²) in [4.78, 5) is 23.2. The number of benzene rings is 1. The summed E-state index contributed by atoms with van der Waals surface area (Å²) in [7, 11) is 0. The molecule has 2 rings (SSSR count). The molecule has 0 aromatic heterocycles. The lowest BCUT2D eigenvalue weighted by Gasteiger charge is -2.22. The lowest BCUT2D eigenvalue weighted by Crippen LogP contribution is -2.44. The Morgan fingerprint density at radius 3 is 2.52 bits per heavy atom. The number of rotatable bonds is 6. The van der Waals surface area contributed by atoms with Gasteiger partial charge >= 0.3 is 12.1 Å². The van der Waals surface area contributed by atoms with Crippen LogP contribution in [0.15, 0.2) is 24.3 Å². The molecule has 0 unspecified atom stereocenters. The first-order valence-corrected chi connectivity index (χ1v) is 7.71. The maximum atomic E-state index is 11.8. The summed E-state index contributed by atoms with van der Waals surface area (Å²) in [6.45, 7) is 5.17. The Labute approximate surface area is 135 Å². The average molecular weight is 321 g/mol. The molecule has 0 bridgehead atoms. The Morgan fingerprint density at radius 1 is 1.30 bits per heavy atom. The molecule has 0 aliphatic heterocycles. The van der Waals surface area contributed by atoms with Gasteiger partial charge in [-0.15, -0.1) is 0 Å². The molecular formula is C17H23NO5. The summed E-state index contributed by atoms with van der Waals surface area (Å²) in [5, 5.41) is 11.8. The molecule has 1 aromatic carbocycles. The Balaban J connectivity index is 2.04. The van der Waals surface area contributed by atoms with Crippen LogP contribution < -0.4 is 10.1 Å². The van der Waals surface area contributed by atoms with Crippen molar-refractivity contribution in [1.82, 2.24) is 5.32 Å². The Kier molecular flexibility index (Phi) is 5.13. The fourth-order valence-corrected chi connectivity index (χ4v) is 2.02. The molecule has 6 heteroatoms. The number of nitrogens with one attached hydrogen (secondary N) is 1. The van der Waals surface area contributed by atoms with Gasteiger partial charge in [-0.05, 0) is 45.2 Å². The van der Waals surface area contributed by atoms with Gasteiger partial charge in [0.2, 0.25) is 0 Å². The molecule has 0 saturated heterocycles. The van der Waals surface area contributed by atoms with Crippen molar-refractivity contribution in [3.8, 4) is 5.75 Å². The van der Waals surface area contributed by atoms with E-state index in [0.717, 1.165) is 18.4 Å². The SMILES string of the molecule is CC(C)(C)OC(=O)N[C@@H](Cc1ccccc1OC1CC1)C(=O)O. The lowest BCUT2D eigenvalue weighted by atomic mass is 10.1. The van der Waals surface area contributed by atoms with E-state index in [1.807, 2.05) is 24.3 Å². The number of aliphatic carboxylic acids is 1. The highest BCUT2D eigenvalue weighted by Crippen LogP contribution is 2.29. The van der Waals surface area contributed by atoms with Gasteiger partial charge < -0.3 is 19.9 Å². The Bertz CT molecular complexity index is 575. The first kappa shape index (κ1) is 17.1. The van der Waals surface area contributed by atoms with E-state index < -0.39 is 23.7 Å². The molecule has 0 spiro atoms. The summed E-state index contributed by atoms with van der Waals surface area (Å²) in [5.74, 6) is -0.440. The van der Waals surface area contributed by atoms with Crippen LogP contribution in [0.2, 0.25) is 0 Å². The summed E-state index contributed by atoms with van der Waals surface area (Å²) >= 11 is 0. The van der Waals surface area contributed by atoms with Crippen LogP contribution in [-0.4, -0.2) is 34.9 Å². The summed E-state index contributed by atoms with van der Waals surface area (Å²) in [6, 6.07) is 6.22. The van der Waals surface area contributed by atoms with E-state index in [4.69, 9.17) is 9.47 Å². The lowest BCUT2D eigenvalue weighted by molar-refractivity contribution is -0.139. The van der Waals surface area contributed by atoms with Crippen molar-refractivity contribution >= 4 is 12.1 Å². The van der Waals surface area contributed by atoms with Crippen LogP contribution in [0.5, 0.6) is 5.75 Å². The number of amides is 1. The van der Waals surface area contributed by atoms with Gasteiger partial charge in [0.05, 0.1) is 6.10 Å². The molecule has 23 heavy (non-hydrogen) atoms. The summed E-state index contributed by atoms with van der Waals surface area (Å²) in [5.41, 5.74) is 0.0722. The Morgan fingerprint density at radius 2 is 1.96 bits per heavy atom. The molecule has 2 N–H and O–H groups in total. The van der Waals surface area contributed by atoms with Crippen LogP contribution in [0.4, 0.5) is 4.79 Å². The van der Waals surface area contributed by atoms with Crippen LogP contribution in [0.25, 0.3) is 0 Å². The average Bonchev–Trinajstić information content (AvgIpc) is 3.21. The number of para-hydroxylation sites is 1. The fraction of sp³-hybridized carbons (Fsp3) is 0.529. The number of hydrogen-bond donors (Lipinski definition) is 2. The minimum Gasteiger partial charge on any atom is -0.490 e. The third-order valence-electron chi connectivity index (χ3n) is 3.20. The predicted octanol–water partition coefficient (Wildman–Crippen LogP) is 2.75. The van der Waals surface area contributed by atoms with Gasteiger partial charge in [0.15, 0.2) is 0 Å². The van der Waals surface area contributed by atoms with Gasteiger partial charge in [-0.2, -0.15) is 0 Å². The molecule has 1 aliphatic carbocycles. The second kappa shape index (κ2) is 6.89. The van der Waals surface area contributed by atoms with Gasteiger partial charge in [0, 0.05) is 6.42 Å². The highest BCUT2D eigenvalue weighted by molar-refractivity contribution is 5.80. The second-order valence-electron chi connectivity index (χ2n) is 6.67. The van der Waals surface area contributed by atoms with Gasteiger partial charge in [-0.25, -0.2) is 9.59 Å². The monoisotopic (exact) mass is 321 g/mol. The highest BCUT2D eigenvalue weighted by Gasteiger charge is 2.27. The van der Waals surface area contributed by atoms with Gasteiger partial charge in [0.1, 0.15) is 17.4 Å². The first-order chi connectivity index (χ1) is 10.7. The summed E-state index contributed by atoms with van der Waals surface area (Å²) in [6.07, 6.45) is 1.65. The van der Waals surface area contributed by atoms with Gasteiger partial charge in [-0.1, -0.05) is 18.2 Å². The van der Waals surface area contributed by atoms with Crippen molar-refractivity contribution in [3.05, 3.63) is 29.8 Å². The third kappa shape index (κ3) is 5.81. The number of carbonyl (C=O) groups excluding carboxylic acids is 1. The number of hydrogen-bond acceptors (Lipinski definition) is 4. The maximum absolute atomic E-state index is 11.8. The van der Waals surface area contributed by atoms with Crippen LogP contribution >= 0.6 is 0 Å². The molecular weight excluding hydrogens is 298 g/mol. The molecule has 1 atom stereocenters. The number of ether oxygens (including phenoxy) is 2. The van der Waals surface area contributed by atoms with Gasteiger partial charge in [-0.3, -0.25) is 0 Å². The van der Waals surface area contributed by atoms with Gasteiger partial charge in [0.25, 0.3) is 0 Å². The van der Waals surface area contributed by atoms with Crippen molar-refractivity contribution in [1.29, 1.82) is 0 Å². The van der Waals surface area contributed by atoms with Crippen LogP contribution in [0.3, 0.4) is 0 Å². The second-order valence-corrected chi connectivity index (χ2v) is 6.67. The van der Waals surface area contributed by atoms with Crippen molar-refractivity contribution in [2.24, 2.45) is 0 Å². The minimum absolute atomic E-state index is 0.136. The molecule has 1 aromatic rings. The number of carboxylic acids is 1. The van der Waals surface area contributed by atoms with E-state index in [0.29, 0.717) is 5.75 Å². The molecule has 6 nitrogen and oxygen atoms in total. The van der Waals surface area contributed by atoms with E-state index in [1.165, 1.54) is 0 Å². The smallest absolute Gasteiger partial charge is 0.408 e. The number of carbonyl (C=O) groups is 2. The van der Waals surface area contributed by atoms with E-state index in [2.05, 4.69) is 5.32 Å². The molecule has 126 valence electrons. The molecule has 1 fully saturated rings. The number of alkyl carbamates (subject to hydrolysis) is 1. The van der Waals surface area contributed by atoms with E-state index in [-0.39, 0.29) is 12.5 Å².